The summed E-state index contributed by atoms with van der Waals surface area (Å²) in [5.41, 5.74) is 2.29. The molecule has 2 heterocycles. The summed E-state index contributed by atoms with van der Waals surface area (Å²) in [5.74, 6) is -0.797. The summed E-state index contributed by atoms with van der Waals surface area (Å²) in [6.45, 7) is -0.122. The van der Waals surface area contributed by atoms with Gasteiger partial charge in [0, 0.05) is 32.2 Å². The average Bonchev–Trinajstić information content (AvgIpc) is 3.82. The number of sulfone groups is 1. The number of benzene rings is 1. The molecule has 0 radical (unpaired) electrons. The van der Waals surface area contributed by atoms with Gasteiger partial charge in [0.15, 0.2) is 15.5 Å². The molecule has 1 aromatic heterocycles. The maximum absolute atomic E-state index is 13.5. The van der Waals surface area contributed by atoms with Crippen molar-refractivity contribution in [1.29, 1.82) is 5.26 Å². The standard InChI is InChI=1S/C25H29N5O6S/c1-29-21-18(20(28-29)22(33)27-13-17-4-2-16(12-26)3-5-17)6-11-30(23(21)34)15-24(7-8-24)37(35,36)25(9-10-25)19(32)14-31/h2-5,19,31-32H,6-11,13-15H2,1H3,(H,27,33)/t19-/m0/s1. The predicted octanol–water partition coefficient (Wildman–Crippen LogP) is 0.0533. The molecule has 0 unspecified atom stereocenters. The van der Waals surface area contributed by atoms with E-state index >= 15 is 0 Å². The number of aliphatic hydroxyl groups excluding tert-OH is 2. The van der Waals surface area contributed by atoms with Gasteiger partial charge in [-0.3, -0.25) is 14.3 Å². The number of amides is 2. The lowest BCUT2D eigenvalue weighted by Gasteiger charge is -2.33. The van der Waals surface area contributed by atoms with Crippen molar-refractivity contribution in [2.45, 2.75) is 54.2 Å². The minimum absolute atomic E-state index is 0.0128. The van der Waals surface area contributed by atoms with Crippen LogP contribution in [0.2, 0.25) is 0 Å². The minimum atomic E-state index is -3.79. The van der Waals surface area contributed by atoms with Crippen LogP contribution in [0.15, 0.2) is 24.3 Å². The van der Waals surface area contributed by atoms with Crippen molar-refractivity contribution >= 4 is 21.7 Å². The second-order valence-electron chi connectivity index (χ2n) is 10.2. The van der Waals surface area contributed by atoms with Crippen LogP contribution in [0, 0.1) is 11.3 Å². The highest BCUT2D eigenvalue weighted by Crippen LogP contribution is 2.58. The second-order valence-corrected chi connectivity index (χ2v) is 12.9. The van der Waals surface area contributed by atoms with Crippen LogP contribution in [0.1, 0.15) is 63.4 Å². The summed E-state index contributed by atoms with van der Waals surface area (Å²) in [6.07, 6.45) is 0.440. The van der Waals surface area contributed by atoms with E-state index in [0.717, 1.165) is 5.56 Å². The third-order valence-electron chi connectivity index (χ3n) is 7.93. The number of aromatic nitrogens is 2. The highest BCUT2D eigenvalue weighted by Gasteiger charge is 2.70. The Balaban J connectivity index is 1.31. The van der Waals surface area contributed by atoms with Crippen molar-refractivity contribution < 1.29 is 28.2 Å². The van der Waals surface area contributed by atoms with Gasteiger partial charge in [-0.2, -0.15) is 10.4 Å². The molecule has 3 N–H and O–H groups in total. The third kappa shape index (κ3) is 4.02. The van der Waals surface area contributed by atoms with Gasteiger partial charge < -0.3 is 20.4 Å². The van der Waals surface area contributed by atoms with E-state index in [1.54, 1.807) is 31.3 Å². The van der Waals surface area contributed by atoms with Gasteiger partial charge in [0.1, 0.15) is 10.4 Å². The highest BCUT2D eigenvalue weighted by molar-refractivity contribution is 7.94. The van der Waals surface area contributed by atoms with Gasteiger partial charge in [-0.05, 0) is 49.8 Å². The summed E-state index contributed by atoms with van der Waals surface area (Å²) in [7, 11) is -2.21. The Morgan fingerprint density at radius 2 is 1.92 bits per heavy atom. The molecular weight excluding hydrogens is 498 g/mol. The number of carbonyl (C=O) groups is 2. The summed E-state index contributed by atoms with van der Waals surface area (Å²) < 4.78 is 26.0. The molecular formula is C25H29N5O6S. The largest absolute Gasteiger partial charge is 0.394 e. The normalized spacial score (nSPS) is 20.1. The SMILES string of the molecule is Cn1nc(C(=O)NCc2ccc(C#N)cc2)c2c1C(=O)N(CC1(S(=O)(=O)C3([C@@H](O)CO)CC3)CC1)CC2. The fraction of sp³-hybridized carbons (Fsp3) is 0.520. The lowest BCUT2D eigenvalue weighted by Crippen LogP contribution is -2.51. The number of aryl methyl sites for hydroxylation is 1. The van der Waals surface area contributed by atoms with Gasteiger partial charge in [-0.1, -0.05) is 12.1 Å². The Bertz CT molecular complexity index is 1400. The smallest absolute Gasteiger partial charge is 0.272 e. The second kappa shape index (κ2) is 8.93. The molecule has 11 nitrogen and oxygen atoms in total. The molecule has 1 aromatic carbocycles. The molecule has 2 aromatic rings. The molecule has 3 aliphatic rings. The first-order valence-corrected chi connectivity index (χ1v) is 13.7. The number of hydrogen-bond acceptors (Lipinski definition) is 8. The molecule has 37 heavy (non-hydrogen) atoms. The quantitative estimate of drug-likeness (QED) is 0.412. The molecule has 2 aliphatic carbocycles. The highest BCUT2D eigenvalue weighted by atomic mass is 32.2. The third-order valence-corrected chi connectivity index (χ3v) is 11.4. The van der Waals surface area contributed by atoms with Crippen molar-refractivity contribution in [3.8, 4) is 6.07 Å². The Morgan fingerprint density at radius 3 is 2.49 bits per heavy atom. The van der Waals surface area contributed by atoms with Crippen LogP contribution < -0.4 is 5.32 Å². The fourth-order valence-corrected chi connectivity index (χ4v) is 8.27. The van der Waals surface area contributed by atoms with Crippen LogP contribution >= 0.6 is 0 Å². The van der Waals surface area contributed by atoms with E-state index in [1.165, 1.54) is 9.58 Å². The minimum Gasteiger partial charge on any atom is -0.394 e. The van der Waals surface area contributed by atoms with E-state index in [1.807, 2.05) is 6.07 Å². The molecule has 2 amide bonds. The summed E-state index contributed by atoms with van der Waals surface area (Å²) in [5, 5.41) is 35.6. The van der Waals surface area contributed by atoms with Crippen molar-refractivity contribution in [1.82, 2.24) is 20.0 Å². The van der Waals surface area contributed by atoms with Crippen molar-refractivity contribution in [3.63, 3.8) is 0 Å². The molecule has 2 saturated carbocycles. The molecule has 12 heteroatoms. The molecule has 1 aliphatic heterocycles. The van der Waals surface area contributed by atoms with Crippen LogP contribution in [-0.2, 0) is 29.9 Å². The Kier molecular flexibility index (Phi) is 6.13. The molecule has 0 saturated heterocycles. The van der Waals surface area contributed by atoms with Crippen molar-refractivity contribution in [3.05, 3.63) is 52.3 Å². The van der Waals surface area contributed by atoms with E-state index in [9.17, 15) is 28.2 Å². The lowest BCUT2D eigenvalue weighted by atomic mass is 10.0. The topological polar surface area (TPSA) is 166 Å². The summed E-state index contributed by atoms with van der Waals surface area (Å²) in [6, 6.07) is 8.88. The van der Waals surface area contributed by atoms with E-state index in [-0.39, 0.29) is 36.9 Å². The summed E-state index contributed by atoms with van der Waals surface area (Å²) >= 11 is 0. The number of nitrogens with one attached hydrogen (secondary N) is 1. The first-order chi connectivity index (χ1) is 17.6. The fourth-order valence-electron chi connectivity index (χ4n) is 5.37. The van der Waals surface area contributed by atoms with E-state index in [2.05, 4.69) is 10.4 Å². The number of nitriles is 1. The van der Waals surface area contributed by atoms with Crippen LogP contribution in [-0.4, -0.2) is 80.4 Å². The van der Waals surface area contributed by atoms with E-state index < -0.39 is 37.9 Å². The molecule has 0 bridgehead atoms. The average molecular weight is 528 g/mol. The van der Waals surface area contributed by atoms with Gasteiger partial charge in [-0.15, -0.1) is 0 Å². The number of carbonyl (C=O) groups excluding carboxylic acids is 2. The molecule has 5 rings (SSSR count). The van der Waals surface area contributed by atoms with Crippen LogP contribution in [0.3, 0.4) is 0 Å². The zero-order valence-electron chi connectivity index (χ0n) is 20.5. The van der Waals surface area contributed by atoms with Gasteiger partial charge in [0.05, 0.1) is 29.1 Å². The first kappa shape index (κ1) is 25.4. The van der Waals surface area contributed by atoms with E-state index in [0.29, 0.717) is 43.2 Å². The zero-order chi connectivity index (χ0) is 26.6. The number of rotatable bonds is 9. The summed E-state index contributed by atoms with van der Waals surface area (Å²) in [4.78, 5) is 27.8. The van der Waals surface area contributed by atoms with Crippen LogP contribution in [0.4, 0.5) is 0 Å². The molecule has 1 atom stereocenters. The zero-order valence-corrected chi connectivity index (χ0v) is 21.3. The van der Waals surface area contributed by atoms with Gasteiger partial charge in [0.2, 0.25) is 0 Å². The Hall–Kier alpha value is -3.27. The number of nitrogens with zero attached hydrogens (tertiary/aromatic N) is 4. The van der Waals surface area contributed by atoms with Crippen molar-refractivity contribution in [2.75, 3.05) is 19.7 Å². The maximum Gasteiger partial charge on any atom is 0.272 e. The van der Waals surface area contributed by atoms with Gasteiger partial charge in [0.25, 0.3) is 11.8 Å². The maximum atomic E-state index is 13.5. The predicted molar refractivity (Wildman–Crippen MR) is 131 cm³/mol. The first-order valence-electron chi connectivity index (χ1n) is 12.2. The molecule has 2 fully saturated rings. The van der Waals surface area contributed by atoms with E-state index in [4.69, 9.17) is 5.26 Å². The molecule has 0 spiro atoms. The monoisotopic (exact) mass is 527 g/mol. The van der Waals surface area contributed by atoms with Crippen LogP contribution in [0.5, 0.6) is 0 Å². The van der Waals surface area contributed by atoms with Crippen LogP contribution in [0.25, 0.3) is 0 Å². The Morgan fingerprint density at radius 1 is 1.24 bits per heavy atom. The van der Waals surface area contributed by atoms with Gasteiger partial charge in [-0.25, -0.2) is 8.42 Å². The molecule has 196 valence electrons. The van der Waals surface area contributed by atoms with Crippen molar-refractivity contribution in [2.24, 2.45) is 7.05 Å². The number of aliphatic hydroxyl groups is 2. The lowest BCUT2D eigenvalue weighted by molar-refractivity contribution is 0.0720. The Labute approximate surface area is 214 Å². The van der Waals surface area contributed by atoms with Gasteiger partial charge >= 0.3 is 0 Å². The number of hydrogen-bond donors (Lipinski definition) is 3. The number of fused-ring (bicyclic) bond motifs is 1.